The number of hydrogen-bond acceptors (Lipinski definition) is 6. The summed E-state index contributed by atoms with van der Waals surface area (Å²) in [5.74, 6) is -0.0196. The van der Waals surface area contributed by atoms with E-state index in [1.165, 1.54) is 23.5 Å². The minimum absolute atomic E-state index is 0.0119. The number of hydrogen-bond donors (Lipinski definition) is 1. The van der Waals surface area contributed by atoms with Crippen LogP contribution in [0.4, 0.5) is 0 Å². The van der Waals surface area contributed by atoms with Crippen LogP contribution in [0.15, 0.2) is 69.5 Å². The molecular formula is C21H21N3O5S2. The SMILES string of the molecule is O=C1CN(S(=O)(=O)c2cccc(C(=O)N(Cc3ccco3)Cc3cccs3)c2)CCN1. The highest BCUT2D eigenvalue weighted by Gasteiger charge is 2.30. The standard InChI is InChI=1S/C21H21N3O5S2/c25-20-15-24(9-8-22-20)31(27,28)19-7-1-4-16(12-19)21(26)23(13-17-5-2-10-29-17)14-18-6-3-11-30-18/h1-7,10-12H,8-9,13-15H2,(H,22,25). The van der Waals surface area contributed by atoms with Gasteiger partial charge in [-0.2, -0.15) is 4.31 Å². The number of benzene rings is 1. The van der Waals surface area contributed by atoms with E-state index in [1.807, 2.05) is 17.5 Å². The molecule has 2 aromatic heterocycles. The number of carbonyl (C=O) groups is 2. The average Bonchev–Trinajstić information content (AvgIpc) is 3.47. The molecule has 31 heavy (non-hydrogen) atoms. The van der Waals surface area contributed by atoms with E-state index in [0.29, 0.717) is 12.3 Å². The first-order chi connectivity index (χ1) is 14.9. The monoisotopic (exact) mass is 459 g/mol. The van der Waals surface area contributed by atoms with Crippen molar-refractivity contribution in [1.29, 1.82) is 0 Å². The van der Waals surface area contributed by atoms with Gasteiger partial charge in [-0.05, 0) is 41.8 Å². The van der Waals surface area contributed by atoms with Crippen LogP contribution in [0.25, 0.3) is 0 Å². The summed E-state index contributed by atoms with van der Waals surface area (Å²) in [6, 6.07) is 13.3. The van der Waals surface area contributed by atoms with Crippen molar-refractivity contribution in [3.05, 3.63) is 76.4 Å². The van der Waals surface area contributed by atoms with Gasteiger partial charge in [-0.1, -0.05) is 12.1 Å². The van der Waals surface area contributed by atoms with E-state index < -0.39 is 10.0 Å². The first kappa shape index (κ1) is 21.3. The quantitative estimate of drug-likeness (QED) is 0.584. The van der Waals surface area contributed by atoms with E-state index in [9.17, 15) is 18.0 Å². The first-order valence-corrected chi connectivity index (χ1v) is 12.0. The van der Waals surface area contributed by atoms with Crippen LogP contribution in [0.3, 0.4) is 0 Å². The summed E-state index contributed by atoms with van der Waals surface area (Å²) in [4.78, 5) is 27.6. The van der Waals surface area contributed by atoms with Gasteiger partial charge in [0, 0.05) is 23.5 Å². The van der Waals surface area contributed by atoms with Gasteiger partial charge < -0.3 is 14.6 Å². The third-order valence-corrected chi connectivity index (χ3v) is 7.57. The molecule has 0 aliphatic carbocycles. The molecule has 3 heterocycles. The number of nitrogens with zero attached hydrogens (tertiary/aromatic N) is 2. The Morgan fingerprint density at radius 2 is 2.03 bits per heavy atom. The zero-order valence-electron chi connectivity index (χ0n) is 16.6. The molecule has 0 radical (unpaired) electrons. The van der Waals surface area contributed by atoms with Crippen LogP contribution in [0.1, 0.15) is 21.0 Å². The summed E-state index contributed by atoms with van der Waals surface area (Å²) in [6.07, 6.45) is 1.55. The summed E-state index contributed by atoms with van der Waals surface area (Å²) >= 11 is 1.54. The Morgan fingerprint density at radius 3 is 2.74 bits per heavy atom. The maximum Gasteiger partial charge on any atom is 0.254 e. The molecule has 0 bridgehead atoms. The van der Waals surface area contributed by atoms with Gasteiger partial charge in [0.05, 0.1) is 30.8 Å². The molecule has 162 valence electrons. The zero-order chi connectivity index (χ0) is 21.8. The summed E-state index contributed by atoms with van der Waals surface area (Å²) in [5.41, 5.74) is 0.255. The molecule has 4 rings (SSSR count). The van der Waals surface area contributed by atoms with Gasteiger partial charge in [-0.25, -0.2) is 8.42 Å². The Bertz CT molecular complexity index is 1120. The van der Waals surface area contributed by atoms with E-state index in [1.54, 1.807) is 35.4 Å². The van der Waals surface area contributed by atoms with Gasteiger partial charge in [0.15, 0.2) is 0 Å². The lowest BCUT2D eigenvalue weighted by atomic mass is 10.2. The van der Waals surface area contributed by atoms with Gasteiger partial charge in [0.2, 0.25) is 15.9 Å². The Labute approximate surface area is 184 Å². The summed E-state index contributed by atoms with van der Waals surface area (Å²) in [7, 11) is -3.89. The highest BCUT2D eigenvalue weighted by molar-refractivity contribution is 7.89. The number of thiophene rings is 1. The third-order valence-electron chi connectivity index (χ3n) is 4.86. The number of furan rings is 1. The molecule has 1 N–H and O–H groups in total. The van der Waals surface area contributed by atoms with Crippen LogP contribution >= 0.6 is 11.3 Å². The predicted molar refractivity (Wildman–Crippen MR) is 115 cm³/mol. The minimum Gasteiger partial charge on any atom is -0.467 e. The molecule has 0 spiro atoms. The van der Waals surface area contributed by atoms with Crippen LogP contribution < -0.4 is 5.32 Å². The lowest BCUT2D eigenvalue weighted by Crippen LogP contribution is -2.49. The number of sulfonamides is 1. The highest BCUT2D eigenvalue weighted by Crippen LogP contribution is 2.21. The van der Waals surface area contributed by atoms with Gasteiger partial charge in [-0.3, -0.25) is 9.59 Å². The Balaban J connectivity index is 1.61. The highest BCUT2D eigenvalue weighted by atomic mass is 32.2. The molecule has 0 atom stereocenters. The number of rotatable bonds is 7. The van der Waals surface area contributed by atoms with Gasteiger partial charge >= 0.3 is 0 Å². The van der Waals surface area contributed by atoms with Crippen molar-refractivity contribution in [3.63, 3.8) is 0 Å². The van der Waals surface area contributed by atoms with Gasteiger partial charge in [-0.15, -0.1) is 11.3 Å². The molecule has 1 aliphatic rings. The van der Waals surface area contributed by atoms with Gasteiger partial charge in [0.1, 0.15) is 5.76 Å². The maximum absolute atomic E-state index is 13.3. The minimum atomic E-state index is -3.89. The smallest absolute Gasteiger partial charge is 0.254 e. The first-order valence-electron chi connectivity index (χ1n) is 9.64. The molecule has 1 saturated heterocycles. The molecule has 2 amide bonds. The van der Waals surface area contributed by atoms with E-state index in [2.05, 4.69) is 5.32 Å². The van der Waals surface area contributed by atoms with Crippen molar-refractivity contribution in [2.45, 2.75) is 18.0 Å². The lowest BCUT2D eigenvalue weighted by Gasteiger charge is -2.26. The second kappa shape index (κ2) is 9.04. The molecule has 1 aliphatic heterocycles. The van der Waals surface area contributed by atoms with Crippen LogP contribution in [-0.4, -0.2) is 49.1 Å². The largest absolute Gasteiger partial charge is 0.467 e. The van der Waals surface area contributed by atoms with Crippen molar-refractivity contribution in [3.8, 4) is 0 Å². The lowest BCUT2D eigenvalue weighted by molar-refractivity contribution is -0.122. The summed E-state index contributed by atoms with van der Waals surface area (Å²) in [5, 5.41) is 4.55. The van der Waals surface area contributed by atoms with Crippen molar-refractivity contribution < 1.29 is 22.4 Å². The molecule has 8 nitrogen and oxygen atoms in total. The molecular weight excluding hydrogens is 438 g/mol. The van der Waals surface area contributed by atoms with E-state index >= 15 is 0 Å². The third kappa shape index (κ3) is 4.87. The molecule has 1 fully saturated rings. The normalized spacial score (nSPS) is 14.9. The van der Waals surface area contributed by atoms with E-state index in [-0.39, 0.29) is 48.5 Å². The van der Waals surface area contributed by atoms with Crippen molar-refractivity contribution >= 4 is 33.2 Å². The van der Waals surface area contributed by atoms with E-state index in [0.717, 1.165) is 9.18 Å². The summed E-state index contributed by atoms with van der Waals surface area (Å²) < 4.78 is 32.5. The predicted octanol–water partition coefficient (Wildman–Crippen LogP) is 2.30. The second-order valence-corrected chi connectivity index (χ2v) is 10.0. The average molecular weight is 460 g/mol. The number of amides is 2. The van der Waals surface area contributed by atoms with Gasteiger partial charge in [0.25, 0.3) is 5.91 Å². The molecule has 3 aromatic rings. The number of piperazine rings is 1. The number of carbonyl (C=O) groups excluding carboxylic acids is 2. The van der Waals surface area contributed by atoms with Crippen molar-refractivity contribution in [1.82, 2.24) is 14.5 Å². The van der Waals surface area contributed by atoms with Crippen molar-refractivity contribution in [2.75, 3.05) is 19.6 Å². The fourth-order valence-corrected chi connectivity index (χ4v) is 5.49. The number of nitrogens with one attached hydrogen (secondary N) is 1. The Kier molecular flexibility index (Phi) is 6.21. The van der Waals surface area contributed by atoms with Crippen LogP contribution in [0.5, 0.6) is 0 Å². The Morgan fingerprint density at radius 1 is 1.16 bits per heavy atom. The molecule has 10 heteroatoms. The fraction of sp³-hybridized carbons (Fsp3) is 0.238. The van der Waals surface area contributed by atoms with Crippen LogP contribution in [0.2, 0.25) is 0 Å². The topological polar surface area (TPSA) is 99.9 Å². The van der Waals surface area contributed by atoms with E-state index in [4.69, 9.17) is 4.42 Å². The maximum atomic E-state index is 13.3. The molecule has 0 saturated carbocycles. The van der Waals surface area contributed by atoms with Crippen LogP contribution in [-0.2, 0) is 27.9 Å². The summed E-state index contributed by atoms with van der Waals surface area (Å²) in [6.45, 7) is 0.848. The molecule has 0 unspecified atom stereocenters. The van der Waals surface area contributed by atoms with Crippen LogP contribution in [0, 0.1) is 0 Å². The zero-order valence-corrected chi connectivity index (χ0v) is 18.2. The second-order valence-electron chi connectivity index (χ2n) is 7.04. The molecule has 1 aromatic carbocycles. The fourth-order valence-electron chi connectivity index (χ4n) is 3.32. The van der Waals surface area contributed by atoms with Crippen molar-refractivity contribution in [2.24, 2.45) is 0 Å². The Hall–Kier alpha value is -2.95.